The van der Waals surface area contributed by atoms with E-state index < -0.39 is 0 Å². The molecule has 3 heterocycles. The Morgan fingerprint density at radius 2 is 0.753 bits per heavy atom. The molecule has 73 heavy (non-hydrogen) atoms. The summed E-state index contributed by atoms with van der Waals surface area (Å²) in [6.07, 6.45) is 0. The normalized spacial score (nSPS) is 10.8. The molecule has 0 aliphatic heterocycles. The molecule has 0 atom stereocenters. The maximum atomic E-state index is 5.93. The van der Waals surface area contributed by atoms with E-state index in [-0.39, 0.29) is 0 Å². The Labute approximate surface area is 431 Å². The van der Waals surface area contributed by atoms with Crippen LogP contribution in [0.3, 0.4) is 0 Å². The van der Waals surface area contributed by atoms with Gasteiger partial charge in [0.15, 0.2) is 0 Å². The molecule has 13 aromatic rings. The predicted molar refractivity (Wildman–Crippen MR) is 308 cm³/mol. The highest BCUT2D eigenvalue weighted by atomic mass is 32.2. The number of aromatic amines is 1. The molecule has 0 bridgehead atoms. The van der Waals surface area contributed by atoms with Gasteiger partial charge in [-0.05, 0) is 135 Å². The molecule has 0 saturated carbocycles. The van der Waals surface area contributed by atoms with Gasteiger partial charge < -0.3 is 18.9 Å². The number of benzene rings is 10. The van der Waals surface area contributed by atoms with E-state index in [1.165, 1.54) is 70.2 Å². The summed E-state index contributed by atoms with van der Waals surface area (Å²) in [7, 11) is 0. The molecular formula is C66H55N5OS. The molecule has 0 saturated heterocycles. The van der Waals surface area contributed by atoms with Crippen molar-refractivity contribution in [1.82, 2.24) is 19.7 Å². The van der Waals surface area contributed by atoms with E-state index in [0.717, 1.165) is 28.2 Å². The molecule has 0 radical (unpaired) electrons. The Balaban J connectivity index is 0.000000132. The lowest BCUT2D eigenvalue weighted by atomic mass is 10.1. The molecule has 1 N–H and O–H groups in total. The van der Waals surface area contributed by atoms with Crippen molar-refractivity contribution in [2.75, 3.05) is 4.90 Å². The van der Waals surface area contributed by atoms with E-state index in [4.69, 9.17) is 4.42 Å². The fraction of sp³-hybridized carbons (Fsp3) is 0.0606. The number of rotatable bonds is 8. The topological polar surface area (TPSA) is 62.9 Å². The Bertz CT molecular complexity index is 3700. The second-order valence-corrected chi connectivity index (χ2v) is 18.5. The van der Waals surface area contributed by atoms with Crippen LogP contribution in [0.1, 0.15) is 25.0 Å². The SMILES string of the molecule is CC.Cc1ccc(-c2nnc(-c3ccc(N(c4ccccc4)c4ccccc4)cc3)o2)cc1.Cc1ccc(Sc2ccc(-n3c4ccccc4c4ccccc43)cc2)cc1.c1ccc2c(c1)[nH]c1ccccc12. The van der Waals surface area contributed by atoms with Crippen LogP contribution < -0.4 is 4.90 Å². The number of hydrogen-bond acceptors (Lipinski definition) is 5. The van der Waals surface area contributed by atoms with Gasteiger partial charge in [0, 0.05) is 76.2 Å². The van der Waals surface area contributed by atoms with E-state index in [9.17, 15) is 0 Å². The second-order valence-electron chi connectivity index (χ2n) is 17.3. The van der Waals surface area contributed by atoms with E-state index in [1.54, 1.807) is 11.8 Å². The van der Waals surface area contributed by atoms with E-state index in [1.807, 2.05) is 86.6 Å². The quantitative estimate of drug-likeness (QED) is 0.164. The first-order chi connectivity index (χ1) is 36.0. The molecular weight excluding hydrogens is 911 g/mol. The van der Waals surface area contributed by atoms with Gasteiger partial charge >= 0.3 is 0 Å². The van der Waals surface area contributed by atoms with Gasteiger partial charge in [-0.2, -0.15) is 0 Å². The van der Waals surface area contributed by atoms with Crippen LogP contribution in [0.25, 0.3) is 72.2 Å². The van der Waals surface area contributed by atoms with Gasteiger partial charge in [0.1, 0.15) is 0 Å². The van der Waals surface area contributed by atoms with Crippen molar-refractivity contribution in [2.24, 2.45) is 0 Å². The molecule has 13 rings (SSSR count). The van der Waals surface area contributed by atoms with Gasteiger partial charge in [-0.3, -0.25) is 0 Å². The summed E-state index contributed by atoms with van der Waals surface area (Å²) in [6, 6.07) is 88.4. The number of anilines is 3. The number of aromatic nitrogens is 4. The zero-order chi connectivity index (χ0) is 49.9. The summed E-state index contributed by atoms with van der Waals surface area (Å²) >= 11 is 1.80. The number of fused-ring (bicyclic) bond motifs is 6. The number of nitrogens with one attached hydrogen (secondary N) is 1. The summed E-state index contributed by atoms with van der Waals surface area (Å²) in [5, 5.41) is 13.7. The maximum absolute atomic E-state index is 5.93. The average Bonchev–Trinajstić information content (AvgIpc) is 4.19. The zero-order valence-corrected chi connectivity index (χ0v) is 42.2. The third-order valence-corrected chi connectivity index (χ3v) is 13.5. The fourth-order valence-corrected chi connectivity index (χ4v) is 9.73. The summed E-state index contributed by atoms with van der Waals surface area (Å²) < 4.78 is 8.28. The molecule has 0 spiro atoms. The van der Waals surface area contributed by atoms with Crippen LogP contribution >= 0.6 is 11.8 Å². The van der Waals surface area contributed by atoms with Crippen molar-refractivity contribution in [3.8, 4) is 28.6 Å². The zero-order valence-electron chi connectivity index (χ0n) is 41.4. The average molecular weight is 966 g/mol. The van der Waals surface area contributed by atoms with Gasteiger partial charge in [0.2, 0.25) is 11.8 Å². The standard InChI is InChI=1S/C27H21N3O.C25H19NS.C12H9N.C2H6/c1-20-12-14-21(15-13-20)26-28-29-27(31-26)22-16-18-25(19-17-22)30(23-8-4-2-5-9-23)24-10-6-3-7-11-24;1-18-10-14-20(15-11-18)27-21-16-12-19(13-17-21)26-24-8-4-2-6-22(24)23-7-3-5-9-25(23)26;1-3-7-11-9(5-1)10-6-2-4-8-12(10)13-11;1-2/h2-19H,1H3;2-17H,1H3;1-8,13H;1-2H3. The monoisotopic (exact) mass is 965 g/mol. The van der Waals surface area contributed by atoms with Crippen molar-refractivity contribution in [3.63, 3.8) is 0 Å². The Morgan fingerprint density at radius 3 is 1.23 bits per heavy atom. The Hall–Kier alpha value is -8.91. The molecule has 10 aromatic carbocycles. The maximum Gasteiger partial charge on any atom is 0.248 e. The van der Waals surface area contributed by atoms with Crippen LogP contribution in [0.2, 0.25) is 0 Å². The Morgan fingerprint density at radius 1 is 0.384 bits per heavy atom. The predicted octanol–water partition coefficient (Wildman–Crippen LogP) is 18.8. The summed E-state index contributed by atoms with van der Waals surface area (Å²) in [5.74, 6) is 1.03. The van der Waals surface area contributed by atoms with Crippen molar-refractivity contribution in [2.45, 2.75) is 37.5 Å². The fourth-order valence-electron chi connectivity index (χ4n) is 8.91. The van der Waals surface area contributed by atoms with Crippen molar-refractivity contribution in [3.05, 3.63) is 266 Å². The largest absolute Gasteiger partial charge is 0.416 e. The number of para-hydroxylation sites is 6. The molecule has 7 heteroatoms. The third kappa shape index (κ3) is 10.7. The minimum atomic E-state index is 0.507. The van der Waals surface area contributed by atoms with Crippen LogP contribution in [0.5, 0.6) is 0 Å². The van der Waals surface area contributed by atoms with Crippen LogP contribution in [-0.4, -0.2) is 19.7 Å². The lowest BCUT2D eigenvalue weighted by molar-refractivity contribution is 0.584. The van der Waals surface area contributed by atoms with E-state index >= 15 is 0 Å². The molecule has 0 unspecified atom stereocenters. The lowest BCUT2D eigenvalue weighted by Gasteiger charge is -2.25. The van der Waals surface area contributed by atoms with Crippen LogP contribution in [-0.2, 0) is 0 Å². The lowest BCUT2D eigenvalue weighted by Crippen LogP contribution is -2.09. The van der Waals surface area contributed by atoms with Crippen LogP contribution in [0, 0.1) is 13.8 Å². The first kappa shape index (κ1) is 47.8. The van der Waals surface area contributed by atoms with Crippen molar-refractivity contribution < 1.29 is 4.42 Å². The molecule has 0 amide bonds. The number of H-pyrrole nitrogens is 1. The molecule has 0 aliphatic carbocycles. The highest BCUT2D eigenvalue weighted by Crippen LogP contribution is 2.37. The smallest absolute Gasteiger partial charge is 0.248 e. The minimum absolute atomic E-state index is 0.507. The van der Waals surface area contributed by atoms with Crippen molar-refractivity contribution in [1.29, 1.82) is 0 Å². The van der Waals surface area contributed by atoms with Crippen LogP contribution in [0.15, 0.2) is 269 Å². The van der Waals surface area contributed by atoms with Gasteiger partial charge in [0.05, 0.1) is 11.0 Å². The minimum Gasteiger partial charge on any atom is -0.416 e. The number of nitrogens with zero attached hydrogens (tertiary/aromatic N) is 4. The summed E-state index contributed by atoms with van der Waals surface area (Å²) in [5.41, 5.74) is 13.7. The van der Waals surface area contributed by atoms with Gasteiger partial charge in [-0.1, -0.05) is 170 Å². The van der Waals surface area contributed by atoms with Crippen molar-refractivity contribution >= 4 is 72.4 Å². The highest BCUT2D eigenvalue weighted by Gasteiger charge is 2.15. The summed E-state index contributed by atoms with van der Waals surface area (Å²) in [4.78, 5) is 8.12. The third-order valence-electron chi connectivity index (χ3n) is 12.5. The van der Waals surface area contributed by atoms with E-state index in [0.29, 0.717) is 11.8 Å². The van der Waals surface area contributed by atoms with Gasteiger partial charge in [-0.25, -0.2) is 0 Å². The highest BCUT2D eigenvalue weighted by molar-refractivity contribution is 7.99. The molecule has 0 fully saturated rings. The van der Waals surface area contributed by atoms with Gasteiger partial charge in [0.25, 0.3) is 0 Å². The van der Waals surface area contributed by atoms with Gasteiger partial charge in [-0.15, -0.1) is 10.2 Å². The molecule has 6 nitrogen and oxygen atoms in total. The summed E-state index contributed by atoms with van der Waals surface area (Å²) in [6.45, 7) is 8.17. The second kappa shape index (κ2) is 22.4. The molecule has 0 aliphatic rings. The first-order valence-electron chi connectivity index (χ1n) is 24.7. The molecule has 3 aromatic heterocycles. The first-order valence-corrected chi connectivity index (χ1v) is 25.5. The molecule has 356 valence electrons. The van der Waals surface area contributed by atoms with Crippen LogP contribution in [0.4, 0.5) is 17.1 Å². The number of aryl methyl sites for hydroxylation is 2. The van der Waals surface area contributed by atoms with E-state index in [2.05, 4.69) is 220 Å². The number of hydrogen-bond donors (Lipinski definition) is 1. The Kier molecular flexibility index (Phi) is 14.7.